The van der Waals surface area contributed by atoms with Crippen LogP contribution in [0.3, 0.4) is 0 Å². The Bertz CT molecular complexity index is 1220. The average Bonchev–Trinajstić information content (AvgIpc) is 3.29. The van der Waals surface area contributed by atoms with E-state index in [1.165, 1.54) is 25.0 Å². The number of halogens is 1. The molecule has 0 unspecified atom stereocenters. The highest BCUT2D eigenvalue weighted by atomic mass is 19.1. The Labute approximate surface area is 205 Å². The molecule has 35 heavy (non-hydrogen) atoms. The van der Waals surface area contributed by atoms with Crippen LogP contribution in [-0.2, 0) is 0 Å². The van der Waals surface area contributed by atoms with Crippen molar-refractivity contribution in [3.63, 3.8) is 0 Å². The van der Waals surface area contributed by atoms with Crippen molar-refractivity contribution in [2.75, 3.05) is 47.1 Å². The third kappa shape index (κ3) is 3.92. The van der Waals surface area contributed by atoms with Crippen molar-refractivity contribution in [1.82, 2.24) is 19.9 Å². The first-order valence-corrected chi connectivity index (χ1v) is 12.4. The van der Waals surface area contributed by atoms with Gasteiger partial charge in [-0.3, -0.25) is 0 Å². The van der Waals surface area contributed by atoms with Crippen molar-refractivity contribution in [2.45, 2.75) is 38.6 Å². The quantitative estimate of drug-likeness (QED) is 0.565. The number of piperidine rings is 1. The number of benzene rings is 1. The van der Waals surface area contributed by atoms with Crippen LogP contribution >= 0.6 is 0 Å². The topological polar surface area (TPSA) is 82.1 Å². The van der Waals surface area contributed by atoms with E-state index in [1.807, 2.05) is 26.1 Å². The van der Waals surface area contributed by atoms with Gasteiger partial charge in [0.15, 0.2) is 0 Å². The summed E-state index contributed by atoms with van der Waals surface area (Å²) in [5.74, 6) is 4.47. The molecule has 2 N–H and O–H groups in total. The van der Waals surface area contributed by atoms with Gasteiger partial charge in [0.25, 0.3) is 0 Å². The van der Waals surface area contributed by atoms with Gasteiger partial charge in [0.05, 0.1) is 0 Å². The SMILES string of the molecule is CNc1nc(N[C@@H]2[C@@H]3CC[C@H]2CN(c2cc(C)ncn2)C3)nc2c1[C@H](C)CN2c1ccc(F)cc1. The monoisotopic (exact) mass is 474 g/mol. The maximum atomic E-state index is 13.5. The number of nitrogens with one attached hydrogen (secondary N) is 2. The molecule has 4 atom stereocenters. The number of aromatic nitrogens is 4. The highest BCUT2D eigenvalue weighted by Gasteiger charge is 2.43. The Morgan fingerprint density at radius 1 is 1.00 bits per heavy atom. The molecule has 1 saturated carbocycles. The van der Waals surface area contributed by atoms with Crippen LogP contribution in [0, 0.1) is 24.6 Å². The number of aryl methyl sites for hydroxylation is 1. The van der Waals surface area contributed by atoms with Gasteiger partial charge in [0.1, 0.15) is 29.6 Å². The Morgan fingerprint density at radius 3 is 2.43 bits per heavy atom. The molecule has 182 valence electrons. The van der Waals surface area contributed by atoms with Crippen LogP contribution in [-0.4, -0.2) is 52.7 Å². The van der Waals surface area contributed by atoms with Gasteiger partial charge < -0.3 is 20.4 Å². The van der Waals surface area contributed by atoms with Crippen LogP contribution < -0.4 is 20.4 Å². The molecule has 2 aromatic heterocycles. The first-order chi connectivity index (χ1) is 17.0. The minimum absolute atomic E-state index is 0.235. The summed E-state index contributed by atoms with van der Waals surface area (Å²) in [4.78, 5) is 23.2. The van der Waals surface area contributed by atoms with Crippen LogP contribution in [0.15, 0.2) is 36.7 Å². The van der Waals surface area contributed by atoms with E-state index in [-0.39, 0.29) is 11.7 Å². The minimum Gasteiger partial charge on any atom is -0.373 e. The van der Waals surface area contributed by atoms with Crippen LogP contribution in [0.4, 0.5) is 33.5 Å². The first kappa shape index (κ1) is 22.0. The molecule has 0 amide bonds. The molecule has 6 rings (SSSR count). The van der Waals surface area contributed by atoms with E-state index in [9.17, 15) is 4.39 Å². The second kappa shape index (κ2) is 8.62. The normalized spacial score (nSPS) is 25.0. The number of nitrogens with zero attached hydrogens (tertiary/aromatic N) is 6. The Kier molecular flexibility index (Phi) is 5.42. The van der Waals surface area contributed by atoms with Crippen molar-refractivity contribution in [3.8, 4) is 0 Å². The molecule has 9 heteroatoms. The third-order valence-corrected chi connectivity index (χ3v) is 7.75. The maximum absolute atomic E-state index is 13.5. The number of fused-ring (bicyclic) bond motifs is 3. The number of hydrogen-bond donors (Lipinski definition) is 2. The molecule has 2 bridgehead atoms. The zero-order valence-corrected chi connectivity index (χ0v) is 20.4. The lowest BCUT2D eigenvalue weighted by Gasteiger charge is -2.39. The van der Waals surface area contributed by atoms with E-state index >= 15 is 0 Å². The Morgan fingerprint density at radius 2 is 1.74 bits per heavy atom. The fraction of sp³-hybridized carbons (Fsp3) is 0.462. The van der Waals surface area contributed by atoms with Gasteiger partial charge >= 0.3 is 0 Å². The number of rotatable bonds is 5. The summed E-state index contributed by atoms with van der Waals surface area (Å²) in [6, 6.07) is 9.03. The van der Waals surface area contributed by atoms with E-state index < -0.39 is 0 Å². The zero-order valence-electron chi connectivity index (χ0n) is 20.4. The lowest BCUT2D eigenvalue weighted by molar-refractivity contribution is 0.375. The molecule has 3 aliphatic rings. The zero-order chi connectivity index (χ0) is 24.1. The molecule has 3 aromatic rings. The molecule has 0 radical (unpaired) electrons. The van der Waals surface area contributed by atoms with Crippen molar-refractivity contribution >= 4 is 29.1 Å². The number of hydrogen-bond acceptors (Lipinski definition) is 8. The van der Waals surface area contributed by atoms with E-state index in [4.69, 9.17) is 9.97 Å². The summed E-state index contributed by atoms with van der Waals surface area (Å²) in [6.45, 7) is 6.91. The smallest absolute Gasteiger partial charge is 0.226 e. The standard InChI is InChI=1S/C26H31FN8/c1-15-11-35(20-8-6-19(27)7-9-20)25-22(15)24(28-3)32-26(33-25)31-23-17-4-5-18(23)13-34(12-17)21-10-16(2)29-14-30-21/h6-10,14-15,17-18,23H,4-5,11-13H2,1-3H3,(H2,28,31,32,33)/t15-,17-,18+,23-/m1/s1. The van der Waals surface area contributed by atoms with E-state index in [2.05, 4.69) is 43.4 Å². The highest BCUT2D eigenvalue weighted by Crippen LogP contribution is 2.44. The summed E-state index contributed by atoms with van der Waals surface area (Å²) in [5, 5.41) is 7.01. The Balaban J connectivity index is 1.27. The molecular weight excluding hydrogens is 443 g/mol. The van der Waals surface area contributed by atoms with Crippen molar-refractivity contribution in [1.29, 1.82) is 0 Å². The van der Waals surface area contributed by atoms with Crippen LogP contribution in [0.2, 0.25) is 0 Å². The predicted molar refractivity (Wildman–Crippen MR) is 136 cm³/mol. The lowest BCUT2D eigenvalue weighted by Crippen LogP contribution is -2.48. The lowest BCUT2D eigenvalue weighted by atomic mass is 9.92. The van der Waals surface area contributed by atoms with Gasteiger partial charge in [-0.1, -0.05) is 6.92 Å². The van der Waals surface area contributed by atoms with Crippen LogP contribution in [0.5, 0.6) is 0 Å². The molecule has 1 aromatic carbocycles. The predicted octanol–water partition coefficient (Wildman–Crippen LogP) is 4.34. The van der Waals surface area contributed by atoms with Gasteiger partial charge in [-0.05, 0) is 55.9 Å². The van der Waals surface area contributed by atoms with E-state index in [0.29, 0.717) is 23.8 Å². The number of anilines is 5. The molecule has 8 nitrogen and oxygen atoms in total. The van der Waals surface area contributed by atoms with Gasteiger partial charge in [-0.2, -0.15) is 9.97 Å². The molecule has 2 fully saturated rings. The van der Waals surface area contributed by atoms with E-state index in [0.717, 1.165) is 54.0 Å². The first-order valence-electron chi connectivity index (χ1n) is 12.4. The molecule has 4 heterocycles. The van der Waals surface area contributed by atoms with E-state index in [1.54, 1.807) is 6.33 Å². The second-order valence-electron chi connectivity index (χ2n) is 10.1. The van der Waals surface area contributed by atoms with Crippen molar-refractivity contribution in [2.24, 2.45) is 11.8 Å². The van der Waals surface area contributed by atoms with Crippen LogP contribution in [0.25, 0.3) is 0 Å². The van der Waals surface area contributed by atoms with Gasteiger partial charge in [-0.25, -0.2) is 14.4 Å². The molecule has 2 aliphatic heterocycles. The van der Waals surface area contributed by atoms with Gasteiger partial charge in [-0.15, -0.1) is 0 Å². The largest absolute Gasteiger partial charge is 0.373 e. The maximum Gasteiger partial charge on any atom is 0.226 e. The summed E-state index contributed by atoms with van der Waals surface area (Å²) < 4.78 is 13.5. The van der Waals surface area contributed by atoms with Gasteiger partial charge in [0.2, 0.25) is 5.95 Å². The van der Waals surface area contributed by atoms with Gasteiger partial charge in [0, 0.05) is 61.7 Å². The molecule has 1 aliphatic carbocycles. The fourth-order valence-corrected chi connectivity index (χ4v) is 6.08. The molecule has 0 spiro atoms. The summed E-state index contributed by atoms with van der Waals surface area (Å²) in [6.07, 6.45) is 4.03. The average molecular weight is 475 g/mol. The molecule has 1 saturated heterocycles. The molecular formula is C26H31FN8. The summed E-state index contributed by atoms with van der Waals surface area (Å²) >= 11 is 0. The summed E-state index contributed by atoms with van der Waals surface area (Å²) in [7, 11) is 1.91. The van der Waals surface area contributed by atoms with Crippen molar-refractivity contribution in [3.05, 3.63) is 53.7 Å². The Hall–Kier alpha value is -3.49. The fourth-order valence-electron chi connectivity index (χ4n) is 6.08. The highest BCUT2D eigenvalue weighted by molar-refractivity contribution is 5.74. The summed E-state index contributed by atoms with van der Waals surface area (Å²) in [5.41, 5.74) is 3.05. The second-order valence-corrected chi connectivity index (χ2v) is 10.1. The van der Waals surface area contributed by atoms with Crippen LogP contribution in [0.1, 0.15) is 36.9 Å². The van der Waals surface area contributed by atoms with Crippen molar-refractivity contribution < 1.29 is 4.39 Å². The third-order valence-electron chi connectivity index (χ3n) is 7.75. The minimum atomic E-state index is -0.235.